The van der Waals surface area contributed by atoms with E-state index in [-0.39, 0.29) is 36.5 Å². The Hall–Kier alpha value is -1.40. The van der Waals surface area contributed by atoms with Gasteiger partial charge in [-0.15, -0.1) is 24.8 Å². The van der Waals surface area contributed by atoms with Gasteiger partial charge in [-0.2, -0.15) is 0 Å². The number of nitrogens with two attached hydrogens (primary N) is 2. The number of H-pyrrole nitrogens is 1. The van der Waals surface area contributed by atoms with Gasteiger partial charge in [-0.25, -0.2) is 4.79 Å². The van der Waals surface area contributed by atoms with E-state index in [1.165, 1.54) is 6.07 Å². The third-order valence-corrected chi connectivity index (χ3v) is 1.17. The van der Waals surface area contributed by atoms with Gasteiger partial charge in [0.1, 0.15) is 5.69 Å². The normalized spacial score (nSPS) is 7.31. The number of carboxylic acid groups (broad SMARTS) is 1. The van der Waals surface area contributed by atoms with Crippen molar-refractivity contribution in [3.63, 3.8) is 0 Å². The van der Waals surface area contributed by atoms with Crippen molar-refractivity contribution in [1.82, 2.24) is 4.98 Å². The van der Waals surface area contributed by atoms with Crippen LogP contribution in [0, 0.1) is 0 Å². The van der Waals surface area contributed by atoms with Crippen LogP contribution in [0.4, 0.5) is 0 Å². The van der Waals surface area contributed by atoms with E-state index in [0.29, 0.717) is 6.54 Å². The van der Waals surface area contributed by atoms with Crippen molar-refractivity contribution in [2.24, 2.45) is 16.5 Å². The fourth-order valence-electron chi connectivity index (χ4n) is 0.646. The summed E-state index contributed by atoms with van der Waals surface area (Å²) in [6, 6.07) is 3.14. The van der Waals surface area contributed by atoms with Crippen molar-refractivity contribution >= 4 is 36.7 Å². The van der Waals surface area contributed by atoms with Gasteiger partial charge in [0.2, 0.25) is 0 Å². The lowest BCUT2D eigenvalue weighted by Crippen LogP contribution is -2.22. The molecule has 0 saturated carbocycles. The molecule has 0 aliphatic heterocycles. The number of rotatable bonds is 2. The second kappa shape index (κ2) is 11.7. The quantitative estimate of drug-likeness (QED) is 0.470. The second-order valence-corrected chi connectivity index (χ2v) is 2.29. The van der Waals surface area contributed by atoms with Crippen LogP contribution in [0.25, 0.3) is 0 Å². The number of aromatic carboxylic acids is 1. The van der Waals surface area contributed by atoms with E-state index in [0.717, 1.165) is 0 Å². The van der Waals surface area contributed by atoms with Gasteiger partial charge in [0.25, 0.3) is 0 Å². The monoisotopic (exact) mass is 270 g/mol. The molecule has 0 spiro atoms. The predicted molar refractivity (Wildman–Crippen MR) is 68.6 cm³/mol. The molecule has 0 bridgehead atoms. The van der Waals surface area contributed by atoms with Crippen molar-refractivity contribution in [2.75, 3.05) is 6.54 Å². The molecule has 1 aromatic heterocycles. The molecule has 0 amide bonds. The average molecular weight is 271 g/mol. The first-order valence-electron chi connectivity index (χ1n) is 4.00. The van der Waals surface area contributed by atoms with Crippen molar-refractivity contribution in [1.29, 1.82) is 0 Å². The van der Waals surface area contributed by atoms with Crippen molar-refractivity contribution in [3.05, 3.63) is 24.0 Å². The van der Waals surface area contributed by atoms with E-state index < -0.39 is 5.97 Å². The Morgan fingerprint density at radius 3 is 2.19 bits per heavy atom. The average Bonchev–Trinajstić information content (AvgIpc) is 2.56. The molecular formula is C8H16Cl2N4O2. The highest BCUT2D eigenvalue weighted by Gasteiger charge is 1.98. The number of carbonyl (C=O) groups is 1. The van der Waals surface area contributed by atoms with Crippen LogP contribution < -0.4 is 11.5 Å². The van der Waals surface area contributed by atoms with Crippen LogP contribution in [0.1, 0.15) is 17.4 Å². The number of aliphatic imine (C=N–C) groups is 1. The molecule has 0 aliphatic carbocycles. The molecule has 8 heteroatoms. The largest absolute Gasteiger partial charge is 0.477 e. The maximum Gasteiger partial charge on any atom is 0.352 e. The molecular weight excluding hydrogens is 255 g/mol. The first-order chi connectivity index (χ1) is 6.57. The Labute approximate surface area is 106 Å². The zero-order chi connectivity index (χ0) is 11.0. The first kappa shape index (κ1) is 20.1. The molecule has 94 valence electrons. The summed E-state index contributed by atoms with van der Waals surface area (Å²) in [5, 5.41) is 8.24. The smallest absolute Gasteiger partial charge is 0.352 e. The van der Waals surface area contributed by atoms with Crippen molar-refractivity contribution in [3.8, 4) is 0 Å². The number of nitrogens with zero attached hydrogens (tertiary/aromatic N) is 1. The molecule has 0 atom stereocenters. The minimum atomic E-state index is -0.921. The molecule has 1 rings (SSSR count). The molecule has 6 nitrogen and oxygen atoms in total. The lowest BCUT2D eigenvalue weighted by molar-refractivity contribution is 0.0691. The number of aromatic amines is 1. The molecule has 0 saturated heterocycles. The lowest BCUT2D eigenvalue weighted by atomic mass is 10.4. The summed E-state index contributed by atoms with van der Waals surface area (Å²) in [6.45, 7) is 2.54. The molecule has 0 radical (unpaired) electrons. The topological polar surface area (TPSA) is 117 Å². The summed E-state index contributed by atoms with van der Waals surface area (Å²) in [4.78, 5) is 16.2. The molecule has 6 N–H and O–H groups in total. The summed E-state index contributed by atoms with van der Waals surface area (Å²) in [5.74, 6) is -0.757. The Morgan fingerprint density at radius 1 is 1.50 bits per heavy atom. The summed E-state index contributed by atoms with van der Waals surface area (Å²) in [7, 11) is 0. The maximum absolute atomic E-state index is 10.0. The summed E-state index contributed by atoms with van der Waals surface area (Å²) in [5.41, 5.74) is 10.1. The van der Waals surface area contributed by atoms with Gasteiger partial charge in [0.15, 0.2) is 5.96 Å². The van der Waals surface area contributed by atoms with E-state index in [1.807, 2.05) is 6.92 Å². The SMILES string of the molecule is CCN=C(N)N.Cl.Cl.O=C(O)c1ccc[nH]1. The van der Waals surface area contributed by atoms with E-state index in [4.69, 9.17) is 16.6 Å². The van der Waals surface area contributed by atoms with Gasteiger partial charge >= 0.3 is 5.97 Å². The summed E-state index contributed by atoms with van der Waals surface area (Å²) >= 11 is 0. The molecule has 0 aromatic carbocycles. The third-order valence-electron chi connectivity index (χ3n) is 1.17. The van der Waals surface area contributed by atoms with Gasteiger partial charge in [-0.1, -0.05) is 0 Å². The fourth-order valence-corrected chi connectivity index (χ4v) is 0.646. The number of hydrogen-bond donors (Lipinski definition) is 4. The number of nitrogens with one attached hydrogen (secondary N) is 1. The van der Waals surface area contributed by atoms with Gasteiger partial charge < -0.3 is 21.6 Å². The second-order valence-electron chi connectivity index (χ2n) is 2.29. The number of carboxylic acids is 1. The summed E-state index contributed by atoms with van der Waals surface area (Å²) < 4.78 is 0. The predicted octanol–water partition coefficient (Wildman–Crippen LogP) is 0.836. The number of hydrogen-bond acceptors (Lipinski definition) is 2. The highest BCUT2D eigenvalue weighted by molar-refractivity contribution is 5.86. The zero-order valence-corrected chi connectivity index (χ0v) is 10.3. The van der Waals surface area contributed by atoms with Crippen LogP contribution in [0.5, 0.6) is 0 Å². The summed E-state index contributed by atoms with van der Waals surface area (Å²) in [6.07, 6.45) is 1.57. The van der Waals surface area contributed by atoms with Gasteiger partial charge in [-0.05, 0) is 19.1 Å². The standard InChI is InChI=1S/C5H5NO2.C3H9N3.2ClH/c7-5(8)4-2-1-3-6-4;1-2-6-3(4)5;;/h1-3,6H,(H,7,8);2H2,1H3,(H4,4,5,6);2*1H. The maximum atomic E-state index is 10.0. The number of halogens is 2. The van der Waals surface area contributed by atoms with Gasteiger partial charge in [0, 0.05) is 12.7 Å². The lowest BCUT2D eigenvalue weighted by Gasteiger charge is -1.82. The Morgan fingerprint density at radius 2 is 2.06 bits per heavy atom. The van der Waals surface area contributed by atoms with E-state index >= 15 is 0 Å². The first-order valence-corrected chi connectivity index (χ1v) is 4.00. The van der Waals surface area contributed by atoms with Crippen LogP contribution in [-0.4, -0.2) is 28.6 Å². The Balaban J connectivity index is -0.000000195. The van der Waals surface area contributed by atoms with E-state index in [2.05, 4.69) is 9.98 Å². The Kier molecular flexibility index (Phi) is 14.6. The molecule has 0 unspecified atom stereocenters. The highest BCUT2D eigenvalue weighted by Crippen LogP contribution is 1.91. The molecule has 1 aromatic rings. The van der Waals surface area contributed by atoms with E-state index in [1.54, 1.807) is 12.3 Å². The minimum absolute atomic E-state index is 0. The minimum Gasteiger partial charge on any atom is -0.477 e. The van der Waals surface area contributed by atoms with Crippen molar-refractivity contribution in [2.45, 2.75) is 6.92 Å². The Bertz CT molecular complexity index is 297. The fraction of sp³-hybridized carbons (Fsp3) is 0.250. The van der Waals surface area contributed by atoms with Crippen LogP contribution in [0.2, 0.25) is 0 Å². The third kappa shape index (κ3) is 10.7. The zero-order valence-electron chi connectivity index (χ0n) is 8.71. The van der Waals surface area contributed by atoms with Crippen molar-refractivity contribution < 1.29 is 9.90 Å². The van der Waals surface area contributed by atoms with Crippen LogP contribution in [0.3, 0.4) is 0 Å². The number of guanidine groups is 1. The molecule has 0 aliphatic rings. The van der Waals surface area contributed by atoms with E-state index in [9.17, 15) is 4.79 Å². The van der Waals surface area contributed by atoms with Crippen LogP contribution in [-0.2, 0) is 0 Å². The number of aromatic nitrogens is 1. The van der Waals surface area contributed by atoms with Crippen LogP contribution >= 0.6 is 24.8 Å². The molecule has 1 heterocycles. The molecule has 0 fully saturated rings. The van der Waals surface area contributed by atoms with Gasteiger partial charge in [-0.3, -0.25) is 4.99 Å². The molecule has 16 heavy (non-hydrogen) atoms. The van der Waals surface area contributed by atoms with Crippen LogP contribution in [0.15, 0.2) is 23.3 Å². The highest BCUT2D eigenvalue weighted by atomic mass is 35.5. The van der Waals surface area contributed by atoms with Gasteiger partial charge in [0.05, 0.1) is 0 Å².